The van der Waals surface area contributed by atoms with Crippen LogP contribution in [0.5, 0.6) is 0 Å². The summed E-state index contributed by atoms with van der Waals surface area (Å²) in [6.07, 6.45) is 4.21. The van der Waals surface area contributed by atoms with Crippen LogP contribution in [0.1, 0.15) is 19.3 Å². The van der Waals surface area contributed by atoms with Crippen LogP contribution < -0.4 is 0 Å². The first-order valence-corrected chi connectivity index (χ1v) is 9.56. The highest BCUT2D eigenvalue weighted by atomic mass is 28.4. The standard InChI is InChI=1S/C8H21NOSi2/c1-12(2,3)10-11-9-7-5-4-6-8-9/h4-8,11H2,1-3H3. The number of nitrogens with zero attached hydrogens (tertiary/aromatic N) is 1. The van der Waals surface area contributed by atoms with Gasteiger partial charge in [-0.1, -0.05) is 6.42 Å². The summed E-state index contributed by atoms with van der Waals surface area (Å²) in [6.45, 7) is 9.45. The number of rotatable bonds is 3. The molecule has 0 aromatic rings. The molecule has 0 spiro atoms. The van der Waals surface area contributed by atoms with Crippen LogP contribution in [0.15, 0.2) is 0 Å². The second-order valence-electron chi connectivity index (χ2n) is 4.56. The van der Waals surface area contributed by atoms with Gasteiger partial charge in [0.05, 0.1) is 0 Å². The zero-order valence-corrected chi connectivity index (χ0v) is 11.0. The lowest BCUT2D eigenvalue weighted by molar-refractivity contribution is 0.328. The maximum atomic E-state index is 5.97. The Labute approximate surface area is 79.4 Å². The van der Waals surface area contributed by atoms with Gasteiger partial charge < -0.3 is 8.68 Å². The molecule has 1 heterocycles. The summed E-state index contributed by atoms with van der Waals surface area (Å²) in [5, 5.41) is 0. The fourth-order valence-electron chi connectivity index (χ4n) is 1.37. The first kappa shape index (κ1) is 10.4. The largest absolute Gasteiger partial charge is 0.449 e. The van der Waals surface area contributed by atoms with E-state index in [1.54, 1.807) is 0 Å². The molecule has 0 bridgehead atoms. The molecular weight excluding hydrogens is 182 g/mol. The van der Waals surface area contributed by atoms with E-state index in [1.165, 1.54) is 32.4 Å². The van der Waals surface area contributed by atoms with E-state index < -0.39 is 8.32 Å². The molecule has 0 saturated carbocycles. The van der Waals surface area contributed by atoms with Crippen LogP contribution >= 0.6 is 0 Å². The summed E-state index contributed by atoms with van der Waals surface area (Å²) in [5.74, 6) is 0. The Morgan fingerprint density at radius 1 is 1.08 bits per heavy atom. The van der Waals surface area contributed by atoms with Crippen LogP contribution in [0.3, 0.4) is 0 Å². The molecule has 0 N–H and O–H groups in total. The van der Waals surface area contributed by atoms with Crippen molar-refractivity contribution < 1.29 is 4.12 Å². The van der Waals surface area contributed by atoms with Gasteiger partial charge in [-0.3, -0.25) is 0 Å². The highest BCUT2D eigenvalue weighted by molar-refractivity contribution is 6.73. The highest BCUT2D eigenvalue weighted by Crippen LogP contribution is 2.09. The van der Waals surface area contributed by atoms with Gasteiger partial charge in [-0.05, 0) is 45.6 Å². The summed E-state index contributed by atoms with van der Waals surface area (Å²) >= 11 is 0. The molecule has 12 heavy (non-hydrogen) atoms. The van der Waals surface area contributed by atoms with E-state index in [-0.39, 0.29) is 9.92 Å². The van der Waals surface area contributed by atoms with Crippen molar-refractivity contribution in [2.24, 2.45) is 0 Å². The van der Waals surface area contributed by atoms with Gasteiger partial charge in [0.2, 0.25) is 9.92 Å². The summed E-state index contributed by atoms with van der Waals surface area (Å²) in [5.41, 5.74) is 0. The Morgan fingerprint density at radius 2 is 1.67 bits per heavy atom. The summed E-state index contributed by atoms with van der Waals surface area (Å²) < 4.78 is 8.54. The SMILES string of the molecule is C[Si](C)(C)O[SiH2]N1CCCCC1. The predicted molar refractivity (Wildman–Crippen MR) is 58.4 cm³/mol. The lowest BCUT2D eigenvalue weighted by atomic mass is 10.2. The average molecular weight is 203 g/mol. The summed E-state index contributed by atoms with van der Waals surface area (Å²) in [4.78, 5) is 0. The first-order valence-electron chi connectivity index (χ1n) is 4.94. The van der Waals surface area contributed by atoms with Crippen molar-refractivity contribution in [1.29, 1.82) is 0 Å². The quantitative estimate of drug-likeness (QED) is 0.642. The first-order chi connectivity index (χ1) is 5.58. The van der Waals surface area contributed by atoms with Crippen molar-refractivity contribution >= 4 is 18.2 Å². The summed E-state index contributed by atoms with van der Waals surface area (Å²) in [7, 11) is -1.56. The van der Waals surface area contributed by atoms with Crippen LogP contribution in [0.2, 0.25) is 19.6 Å². The third kappa shape index (κ3) is 4.40. The van der Waals surface area contributed by atoms with Gasteiger partial charge in [-0.2, -0.15) is 0 Å². The maximum Gasteiger partial charge on any atom is 0.227 e. The fourth-order valence-corrected chi connectivity index (χ4v) is 4.36. The van der Waals surface area contributed by atoms with Crippen molar-refractivity contribution in [3.05, 3.63) is 0 Å². The lowest BCUT2D eigenvalue weighted by Crippen LogP contribution is -2.40. The molecular formula is C8H21NOSi2. The van der Waals surface area contributed by atoms with E-state index in [0.717, 1.165) is 0 Å². The van der Waals surface area contributed by atoms with Crippen LogP contribution in [-0.4, -0.2) is 35.9 Å². The van der Waals surface area contributed by atoms with Gasteiger partial charge >= 0.3 is 0 Å². The predicted octanol–water partition coefficient (Wildman–Crippen LogP) is 1.32. The van der Waals surface area contributed by atoms with Gasteiger partial charge in [0, 0.05) is 0 Å². The van der Waals surface area contributed by atoms with E-state index >= 15 is 0 Å². The van der Waals surface area contributed by atoms with Gasteiger partial charge in [0.25, 0.3) is 0 Å². The normalized spacial score (nSPS) is 22.2. The molecule has 0 amide bonds. The minimum atomic E-state index is -1.22. The van der Waals surface area contributed by atoms with Gasteiger partial charge in [0.15, 0.2) is 8.32 Å². The molecule has 1 fully saturated rings. The van der Waals surface area contributed by atoms with Gasteiger partial charge in [0.1, 0.15) is 0 Å². The van der Waals surface area contributed by atoms with Gasteiger partial charge in [-0.25, -0.2) is 0 Å². The second-order valence-corrected chi connectivity index (χ2v) is 11.1. The Kier molecular flexibility index (Phi) is 3.96. The number of hydrogen-bond acceptors (Lipinski definition) is 2. The molecule has 1 saturated heterocycles. The fraction of sp³-hybridized carbons (Fsp3) is 1.00. The van der Waals surface area contributed by atoms with E-state index in [9.17, 15) is 0 Å². The third-order valence-corrected chi connectivity index (χ3v) is 7.11. The van der Waals surface area contributed by atoms with Crippen LogP contribution in [0.4, 0.5) is 0 Å². The molecule has 2 nitrogen and oxygen atoms in total. The number of piperidine rings is 1. The molecule has 0 aromatic carbocycles. The Bertz CT molecular complexity index is 130. The number of hydrogen-bond donors (Lipinski definition) is 0. The molecule has 1 aliphatic rings. The van der Waals surface area contributed by atoms with Crippen LogP contribution in [-0.2, 0) is 4.12 Å². The monoisotopic (exact) mass is 203 g/mol. The van der Waals surface area contributed by atoms with E-state index in [2.05, 4.69) is 24.2 Å². The van der Waals surface area contributed by atoms with Crippen molar-refractivity contribution in [2.45, 2.75) is 38.9 Å². The van der Waals surface area contributed by atoms with E-state index in [0.29, 0.717) is 0 Å². The second kappa shape index (κ2) is 4.55. The van der Waals surface area contributed by atoms with Gasteiger partial charge in [-0.15, -0.1) is 0 Å². The molecule has 0 aromatic heterocycles. The molecule has 0 radical (unpaired) electrons. The minimum Gasteiger partial charge on any atom is -0.449 e. The van der Waals surface area contributed by atoms with Crippen molar-refractivity contribution in [3.63, 3.8) is 0 Å². The zero-order chi connectivity index (χ0) is 9.03. The topological polar surface area (TPSA) is 12.5 Å². The summed E-state index contributed by atoms with van der Waals surface area (Å²) in [6, 6.07) is 0. The van der Waals surface area contributed by atoms with Crippen molar-refractivity contribution in [2.75, 3.05) is 13.1 Å². The molecule has 4 heteroatoms. The zero-order valence-electron chi connectivity index (χ0n) is 8.60. The highest BCUT2D eigenvalue weighted by Gasteiger charge is 2.17. The minimum absolute atomic E-state index is 0.344. The molecule has 1 rings (SSSR count). The lowest BCUT2D eigenvalue weighted by Gasteiger charge is -2.29. The molecule has 1 aliphatic heterocycles. The van der Waals surface area contributed by atoms with Crippen LogP contribution in [0, 0.1) is 0 Å². The Hall–Kier alpha value is 0.354. The van der Waals surface area contributed by atoms with E-state index in [1.807, 2.05) is 0 Å². The maximum absolute atomic E-state index is 5.97. The van der Waals surface area contributed by atoms with Crippen molar-refractivity contribution in [3.8, 4) is 0 Å². The van der Waals surface area contributed by atoms with Crippen LogP contribution in [0.25, 0.3) is 0 Å². The average Bonchev–Trinajstić information content (AvgIpc) is 2.02. The molecule has 72 valence electrons. The Balaban J connectivity index is 2.13. The molecule has 0 aliphatic carbocycles. The smallest absolute Gasteiger partial charge is 0.227 e. The van der Waals surface area contributed by atoms with E-state index in [4.69, 9.17) is 4.12 Å². The van der Waals surface area contributed by atoms with Crippen molar-refractivity contribution in [1.82, 2.24) is 4.57 Å². The molecule has 0 atom stereocenters. The Morgan fingerprint density at radius 3 is 2.17 bits per heavy atom. The molecule has 0 unspecified atom stereocenters. The third-order valence-electron chi connectivity index (χ3n) is 2.13.